The average molecular weight is 450 g/mol. The summed E-state index contributed by atoms with van der Waals surface area (Å²) in [6, 6.07) is 11.0. The predicted octanol–water partition coefficient (Wildman–Crippen LogP) is 3.96. The van der Waals surface area contributed by atoms with E-state index in [1.165, 1.54) is 6.07 Å². The molecule has 2 saturated heterocycles. The van der Waals surface area contributed by atoms with Gasteiger partial charge in [-0.3, -0.25) is 9.78 Å². The van der Waals surface area contributed by atoms with Crippen LogP contribution < -0.4 is 15.5 Å². The molecule has 1 aromatic carbocycles. The van der Waals surface area contributed by atoms with Crippen LogP contribution in [0.15, 0.2) is 48.7 Å². The van der Waals surface area contributed by atoms with E-state index in [2.05, 4.69) is 19.9 Å². The van der Waals surface area contributed by atoms with Gasteiger partial charge >= 0.3 is 0 Å². The molecule has 1 spiro atoms. The maximum atomic E-state index is 14.0. The first kappa shape index (κ1) is 21.2. The minimum atomic E-state index is -0.947. The number of benzene rings is 1. The number of anilines is 3. The van der Waals surface area contributed by atoms with Crippen LogP contribution in [-0.2, 0) is 4.79 Å². The van der Waals surface area contributed by atoms with Crippen LogP contribution in [0.3, 0.4) is 0 Å². The number of hydrogen-bond acceptors (Lipinski definition) is 6. The second kappa shape index (κ2) is 8.38. The second-order valence-corrected chi connectivity index (χ2v) is 8.58. The van der Waals surface area contributed by atoms with E-state index in [-0.39, 0.29) is 5.91 Å². The summed E-state index contributed by atoms with van der Waals surface area (Å²) >= 11 is 0. The van der Waals surface area contributed by atoms with Crippen molar-refractivity contribution in [3.8, 4) is 11.5 Å². The molecule has 0 bridgehead atoms. The molecule has 2 fully saturated rings. The lowest BCUT2D eigenvalue weighted by molar-refractivity contribution is -0.121. The highest BCUT2D eigenvalue weighted by molar-refractivity contribution is 5.95. The average Bonchev–Trinajstić information content (AvgIpc) is 2.82. The van der Waals surface area contributed by atoms with E-state index in [1.807, 2.05) is 18.2 Å². The van der Waals surface area contributed by atoms with E-state index in [0.29, 0.717) is 61.2 Å². The molecule has 0 radical (unpaired) electrons. The molecule has 2 N–H and O–H groups in total. The third-order valence-electron chi connectivity index (χ3n) is 6.56. The van der Waals surface area contributed by atoms with E-state index in [9.17, 15) is 13.6 Å². The Morgan fingerprint density at radius 2 is 1.79 bits per heavy atom. The molecule has 33 heavy (non-hydrogen) atoms. The monoisotopic (exact) mass is 450 g/mol. The fourth-order valence-electron chi connectivity index (χ4n) is 4.95. The Balaban J connectivity index is 1.41. The van der Waals surface area contributed by atoms with Gasteiger partial charge in [-0.2, -0.15) is 0 Å². The maximum Gasteiger partial charge on any atom is 0.227 e. The van der Waals surface area contributed by atoms with E-state index < -0.39 is 17.2 Å². The first-order valence-corrected chi connectivity index (χ1v) is 11.0. The molecule has 0 atom stereocenters. The van der Waals surface area contributed by atoms with Crippen molar-refractivity contribution < 1.29 is 13.6 Å². The molecule has 7 nitrogen and oxygen atoms in total. The quantitative estimate of drug-likeness (QED) is 0.650. The van der Waals surface area contributed by atoms with Crippen LogP contribution in [0.25, 0.3) is 11.5 Å². The van der Waals surface area contributed by atoms with Crippen molar-refractivity contribution in [2.45, 2.75) is 37.6 Å². The van der Waals surface area contributed by atoms with Crippen LogP contribution in [-0.4, -0.2) is 39.5 Å². The molecule has 2 aliphatic rings. The number of carbonyl (C=O) groups is 1. The highest BCUT2D eigenvalue weighted by Crippen LogP contribution is 2.42. The van der Waals surface area contributed by atoms with Gasteiger partial charge < -0.3 is 15.5 Å². The number of aromatic nitrogens is 3. The molecule has 9 heteroatoms. The zero-order chi connectivity index (χ0) is 23.0. The van der Waals surface area contributed by atoms with Gasteiger partial charge in [0.2, 0.25) is 5.91 Å². The number of piperidine rings is 2. The number of pyridine rings is 1. The minimum Gasteiger partial charge on any atom is -0.384 e. The van der Waals surface area contributed by atoms with Gasteiger partial charge in [-0.1, -0.05) is 6.07 Å². The third-order valence-corrected chi connectivity index (χ3v) is 6.56. The van der Waals surface area contributed by atoms with Crippen molar-refractivity contribution in [1.82, 2.24) is 15.0 Å². The van der Waals surface area contributed by atoms with Crippen molar-refractivity contribution in [1.29, 1.82) is 0 Å². The molecule has 0 aliphatic carbocycles. The van der Waals surface area contributed by atoms with Gasteiger partial charge in [0.1, 0.15) is 17.3 Å². The van der Waals surface area contributed by atoms with Crippen molar-refractivity contribution in [3.05, 3.63) is 60.3 Å². The fourth-order valence-corrected chi connectivity index (χ4v) is 4.95. The SMILES string of the molecule is Nc1cc(N2CCC3(CCCC(=O)N3c3ccc(F)c(F)c3)CC2)nc(-c2ccccn2)n1. The van der Waals surface area contributed by atoms with Gasteiger partial charge in [0.15, 0.2) is 17.5 Å². The first-order valence-electron chi connectivity index (χ1n) is 11.0. The summed E-state index contributed by atoms with van der Waals surface area (Å²) < 4.78 is 27.5. The standard InChI is InChI=1S/C24H24F2N6O/c25-17-7-6-16(14-18(17)26)32-22(33)5-3-8-24(32)9-12-31(13-10-24)21-15-20(27)29-23(30-21)19-4-1-2-11-28-19/h1-2,4,6-7,11,14-15H,3,5,8-10,12-13H2,(H2,27,29,30). The summed E-state index contributed by atoms with van der Waals surface area (Å²) in [5.41, 5.74) is 6.68. The van der Waals surface area contributed by atoms with Gasteiger partial charge in [-0.25, -0.2) is 18.7 Å². The zero-order valence-electron chi connectivity index (χ0n) is 18.0. The Morgan fingerprint density at radius 1 is 0.970 bits per heavy atom. The van der Waals surface area contributed by atoms with Gasteiger partial charge in [0.05, 0.1) is 5.54 Å². The van der Waals surface area contributed by atoms with Gasteiger partial charge in [-0.15, -0.1) is 0 Å². The van der Waals surface area contributed by atoms with Crippen LogP contribution >= 0.6 is 0 Å². The highest BCUT2D eigenvalue weighted by atomic mass is 19.2. The summed E-state index contributed by atoms with van der Waals surface area (Å²) in [7, 11) is 0. The fraction of sp³-hybridized carbons (Fsp3) is 0.333. The Kier molecular flexibility index (Phi) is 5.39. The number of rotatable bonds is 3. The maximum absolute atomic E-state index is 14.0. The molecular weight excluding hydrogens is 426 g/mol. The number of amides is 1. The van der Waals surface area contributed by atoms with Gasteiger partial charge in [-0.05, 0) is 49.9 Å². The number of halogens is 2. The van der Waals surface area contributed by atoms with Gasteiger partial charge in [0, 0.05) is 43.5 Å². The number of nitrogens with zero attached hydrogens (tertiary/aromatic N) is 5. The largest absolute Gasteiger partial charge is 0.384 e. The van der Waals surface area contributed by atoms with Crippen molar-refractivity contribution in [2.24, 2.45) is 0 Å². The Bertz CT molecular complexity index is 1180. The zero-order valence-corrected chi connectivity index (χ0v) is 18.0. The van der Waals surface area contributed by atoms with Crippen LogP contribution in [0, 0.1) is 11.6 Å². The number of nitrogens with two attached hydrogens (primary N) is 1. The minimum absolute atomic E-state index is 0.0515. The van der Waals surface area contributed by atoms with Crippen LogP contribution in [0.1, 0.15) is 32.1 Å². The van der Waals surface area contributed by atoms with Crippen molar-refractivity contribution in [3.63, 3.8) is 0 Å². The molecule has 3 aromatic rings. The van der Waals surface area contributed by atoms with Crippen molar-refractivity contribution >= 4 is 23.2 Å². The van der Waals surface area contributed by atoms with E-state index >= 15 is 0 Å². The molecule has 1 amide bonds. The van der Waals surface area contributed by atoms with E-state index in [4.69, 9.17) is 5.73 Å². The van der Waals surface area contributed by atoms with Crippen LogP contribution in [0.5, 0.6) is 0 Å². The summed E-state index contributed by atoms with van der Waals surface area (Å²) in [4.78, 5) is 30.0. The summed E-state index contributed by atoms with van der Waals surface area (Å²) in [6.07, 6.45) is 5.04. The molecule has 2 aliphatic heterocycles. The normalized spacial score (nSPS) is 18.1. The second-order valence-electron chi connectivity index (χ2n) is 8.58. The van der Waals surface area contributed by atoms with Crippen LogP contribution in [0.4, 0.5) is 26.1 Å². The number of nitrogen functional groups attached to an aromatic ring is 1. The highest BCUT2D eigenvalue weighted by Gasteiger charge is 2.45. The van der Waals surface area contributed by atoms with E-state index in [1.54, 1.807) is 17.2 Å². The van der Waals surface area contributed by atoms with Crippen LogP contribution in [0.2, 0.25) is 0 Å². The van der Waals surface area contributed by atoms with Gasteiger partial charge in [0.25, 0.3) is 0 Å². The molecule has 170 valence electrons. The Morgan fingerprint density at radius 3 is 2.52 bits per heavy atom. The Hall–Kier alpha value is -3.62. The van der Waals surface area contributed by atoms with E-state index in [0.717, 1.165) is 25.0 Å². The lowest BCUT2D eigenvalue weighted by atomic mass is 9.78. The summed E-state index contributed by atoms with van der Waals surface area (Å²) in [6.45, 7) is 1.29. The van der Waals surface area contributed by atoms with Crippen molar-refractivity contribution in [2.75, 3.05) is 28.6 Å². The third kappa shape index (κ3) is 3.99. The number of carbonyl (C=O) groups excluding carboxylic acids is 1. The summed E-state index contributed by atoms with van der Waals surface area (Å²) in [5.74, 6) is -0.391. The smallest absolute Gasteiger partial charge is 0.227 e. The predicted molar refractivity (Wildman–Crippen MR) is 122 cm³/mol. The lowest BCUT2D eigenvalue weighted by Gasteiger charge is -2.51. The molecule has 2 aromatic heterocycles. The molecule has 4 heterocycles. The molecule has 0 unspecified atom stereocenters. The Labute approximate surface area is 190 Å². The summed E-state index contributed by atoms with van der Waals surface area (Å²) in [5, 5.41) is 0. The number of hydrogen-bond donors (Lipinski definition) is 1. The molecule has 0 saturated carbocycles. The topological polar surface area (TPSA) is 88.2 Å². The molecule has 5 rings (SSSR count). The lowest BCUT2D eigenvalue weighted by Crippen LogP contribution is -2.60. The first-order chi connectivity index (χ1) is 15.9. The molecular formula is C24H24F2N6O.